The lowest BCUT2D eigenvalue weighted by Gasteiger charge is -2.33. The Morgan fingerprint density at radius 3 is 1.95 bits per heavy atom. The van der Waals surface area contributed by atoms with Crippen LogP contribution in [-0.2, 0) is 5.41 Å². The summed E-state index contributed by atoms with van der Waals surface area (Å²) in [5.74, 6) is 0.0480. The molecule has 0 saturated heterocycles. The summed E-state index contributed by atoms with van der Waals surface area (Å²) in [6.45, 7) is 7.71. The van der Waals surface area contributed by atoms with Crippen molar-refractivity contribution in [1.82, 2.24) is 0 Å². The second-order valence-corrected chi connectivity index (χ2v) is 4.70. The van der Waals surface area contributed by atoms with Gasteiger partial charge in [0.25, 0.3) is 0 Å². The van der Waals surface area contributed by atoms with Gasteiger partial charge in [0.15, 0.2) is 5.78 Å². The summed E-state index contributed by atoms with van der Waals surface area (Å²) in [7, 11) is 0. The Balaban J connectivity index is 2.45. The first kappa shape index (κ1) is 11.7. The number of carbonyl (C=O) groups is 1. The van der Waals surface area contributed by atoms with E-state index in [1.54, 1.807) is 12.2 Å². The van der Waals surface area contributed by atoms with E-state index in [-0.39, 0.29) is 5.78 Å². The van der Waals surface area contributed by atoms with Crippen molar-refractivity contribution in [2.75, 3.05) is 0 Å². The van der Waals surface area contributed by atoms with Gasteiger partial charge in [0.1, 0.15) is 0 Å². The van der Waals surface area contributed by atoms with Crippen molar-refractivity contribution < 1.29 is 4.79 Å². The molecule has 1 aliphatic rings. The lowest BCUT2D eigenvalue weighted by atomic mass is 9.67. The first-order valence-corrected chi connectivity index (χ1v) is 6.25. The van der Waals surface area contributed by atoms with Crippen molar-refractivity contribution in [2.24, 2.45) is 0 Å². The van der Waals surface area contributed by atoms with Gasteiger partial charge in [0, 0.05) is 5.56 Å². The topological polar surface area (TPSA) is 17.1 Å². The molecule has 0 saturated carbocycles. The molecule has 0 fully saturated rings. The normalized spacial score (nSPS) is 15.3. The van der Waals surface area contributed by atoms with Crippen LogP contribution in [0.25, 0.3) is 11.1 Å². The van der Waals surface area contributed by atoms with Crippen LogP contribution in [0.2, 0.25) is 0 Å². The summed E-state index contributed by atoms with van der Waals surface area (Å²) in [6.07, 6.45) is 3.38. The molecule has 19 heavy (non-hydrogen) atoms. The van der Waals surface area contributed by atoms with Crippen molar-refractivity contribution in [1.29, 1.82) is 0 Å². The second kappa shape index (κ2) is 4.06. The van der Waals surface area contributed by atoms with Gasteiger partial charge >= 0.3 is 0 Å². The summed E-state index contributed by atoms with van der Waals surface area (Å²) in [5, 5.41) is 0. The third kappa shape index (κ3) is 1.39. The standard InChI is InChI=1S/C18H14O/c1-3-18(4-2)16-12-8-7-10-14(16)13-9-5-6-11-15(13)17(18)19/h3-12H,1-2H2. The maximum Gasteiger partial charge on any atom is 0.181 e. The highest BCUT2D eigenvalue weighted by Gasteiger charge is 2.41. The number of benzene rings is 2. The quantitative estimate of drug-likeness (QED) is 0.727. The van der Waals surface area contributed by atoms with Crippen LogP contribution in [-0.4, -0.2) is 5.78 Å². The molecule has 3 rings (SSSR count). The number of hydrogen-bond donors (Lipinski definition) is 0. The molecule has 0 radical (unpaired) electrons. The first-order chi connectivity index (χ1) is 9.24. The number of ketones is 1. The highest BCUT2D eigenvalue weighted by molar-refractivity contribution is 6.15. The summed E-state index contributed by atoms with van der Waals surface area (Å²) in [6, 6.07) is 15.7. The molecule has 0 unspecified atom stereocenters. The molecule has 0 bridgehead atoms. The molecule has 2 aromatic carbocycles. The van der Waals surface area contributed by atoms with Crippen molar-refractivity contribution >= 4 is 5.78 Å². The fourth-order valence-corrected chi connectivity index (χ4v) is 2.83. The van der Waals surface area contributed by atoms with E-state index in [2.05, 4.69) is 13.2 Å². The van der Waals surface area contributed by atoms with Gasteiger partial charge < -0.3 is 0 Å². The fourth-order valence-electron chi connectivity index (χ4n) is 2.83. The zero-order chi connectivity index (χ0) is 13.5. The zero-order valence-electron chi connectivity index (χ0n) is 10.6. The van der Waals surface area contributed by atoms with Crippen LogP contribution in [0.5, 0.6) is 0 Å². The van der Waals surface area contributed by atoms with Crippen LogP contribution in [0, 0.1) is 0 Å². The van der Waals surface area contributed by atoms with E-state index >= 15 is 0 Å². The molecular weight excluding hydrogens is 232 g/mol. The first-order valence-electron chi connectivity index (χ1n) is 6.25. The Hall–Kier alpha value is -2.41. The van der Waals surface area contributed by atoms with Crippen LogP contribution in [0.15, 0.2) is 73.8 Å². The Morgan fingerprint density at radius 2 is 1.32 bits per heavy atom. The van der Waals surface area contributed by atoms with Crippen LogP contribution in [0.4, 0.5) is 0 Å². The Kier molecular flexibility index (Phi) is 2.49. The van der Waals surface area contributed by atoms with Crippen molar-refractivity contribution in [3.63, 3.8) is 0 Å². The van der Waals surface area contributed by atoms with Crippen LogP contribution in [0.3, 0.4) is 0 Å². The molecule has 0 aromatic heterocycles. The number of fused-ring (bicyclic) bond motifs is 3. The van der Waals surface area contributed by atoms with Crippen LogP contribution in [0.1, 0.15) is 15.9 Å². The minimum absolute atomic E-state index is 0.0480. The molecule has 1 nitrogen and oxygen atoms in total. The predicted octanol–water partition coefficient (Wildman–Crippen LogP) is 4.16. The molecule has 0 amide bonds. The molecule has 0 heterocycles. The highest BCUT2D eigenvalue weighted by atomic mass is 16.1. The van der Waals surface area contributed by atoms with E-state index < -0.39 is 5.41 Å². The Morgan fingerprint density at radius 1 is 0.789 bits per heavy atom. The van der Waals surface area contributed by atoms with Gasteiger partial charge in [-0.3, -0.25) is 4.79 Å². The number of carbonyl (C=O) groups excluding carboxylic acids is 1. The minimum Gasteiger partial charge on any atom is -0.292 e. The van der Waals surface area contributed by atoms with Crippen LogP contribution < -0.4 is 0 Å². The van der Waals surface area contributed by atoms with Gasteiger partial charge in [-0.05, 0) is 16.7 Å². The monoisotopic (exact) mass is 246 g/mol. The third-order valence-corrected chi connectivity index (χ3v) is 3.85. The summed E-state index contributed by atoms with van der Waals surface area (Å²) in [5.41, 5.74) is 2.95. The van der Waals surface area contributed by atoms with E-state index in [1.165, 1.54) is 0 Å². The fraction of sp³-hybridized carbons (Fsp3) is 0.0556. The van der Waals surface area contributed by atoms with Gasteiger partial charge in [0.2, 0.25) is 0 Å². The van der Waals surface area contributed by atoms with Crippen molar-refractivity contribution in [2.45, 2.75) is 5.41 Å². The molecule has 92 valence electrons. The van der Waals surface area contributed by atoms with Crippen molar-refractivity contribution in [3.05, 3.63) is 85.0 Å². The smallest absolute Gasteiger partial charge is 0.181 e. The Bertz CT molecular complexity index is 686. The SMILES string of the molecule is C=CC1(C=C)C(=O)c2ccccc2-c2ccccc21. The molecule has 1 heteroatoms. The molecule has 1 aliphatic carbocycles. The molecule has 0 atom stereocenters. The van der Waals surface area contributed by atoms with Gasteiger partial charge in [-0.2, -0.15) is 0 Å². The number of Topliss-reactive ketones (excluding diaryl/α,β-unsaturated/α-hetero) is 1. The lowest BCUT2D eigenvalue weighted by molar-refractivity contribution is 0.0941. The van der Waals surface area contributed by atoms with Gasteiger partial charge in [-0.1, -0.05) is 60.7 Å². The number of rotatable bonds is 2. The molecule has 2 aromatic rings. The van der Waals surface area contributed by atoms with E-state index in [9.17, 15) is 4.79 Å². The van der Waals surface area contributed by atoms with E-state index in [0.29, 0.717) is 0 Å². The Labute approximate surface area is 112 Å². The molecule has 0 spiro atoms. The minimum atomic E-state index is -0.815. The second-order valence-electron chi connectivity index (χ2n) is 4.70. The van der Waals surface area contributed by atoms with E-state index in [4.69, 9.17) is 0 Å². The molecule has 0 aliphatic heterocycles. The number of allylic oxidation sites excluding steroid dienone is 2. The van der Waals surface area contributed by atoms with Crippen LogP contribution >= 0.6 is 0 Å². The summed E-state index contributed by atoms with van der Waals surface area (Å²) < 4.78 is 0. The van der Waals surface area contributed by atoms with E-state index in [0.717, 1.165) is 22.3 Å². The maximum absolute atomic E-state index is 12.8. The largest absolute Gasteiger partial charge is 0.292 e. The number of hydrogen-bond acceptors (Lipinski definition) is 1. The van der Waals surface area contributed by atoms with Gasteiger partial charge in [0.05, 0.1) is 5.41 Å². The average Bonchev–Trinajstić information content (AvgIpc) is 2.49. The van der Waals surface area contributed by atoms with Gasteiger partial charge in [-0.25, -0.2) is 0 Å². The molecule has 0 N–H and O–H groups in total. The zero-order valence-corrected chi connectivity index (χ0v) is 10.6. The summed E-state index contributed by atoms with van der Waals surface area (Å²) >= 11 is 0. The molecular formula is C18H14O. The lowest BCUT2D eigenvalue weighted by Crippen LogP contribution is -2.35. The third-order valence-electron chi connectivity index (χ3n) is 3.85. The average molecular weight is 246 g/mol. The predicted molar refractivity (Wildman–Crippen MR) is 78.3 cm³/mol. The highest BCUT2D eigenvalue weighted by Crippen LogP contribution is 2.44. The maximum atomic E-state index is 12.8. The summed E-state index contributed by atoms with van der Waals surface area (Å²) in [4.78, 5) is 12.8. The van der Waals surface area contributed by atoms with Crippen molar-refractivity contribution in [3.8, 4) is 11.1 Å². The van der Waals surface area contributed by atoms with E-state index in [1.807, 2.05) is 48.5 Å². The van der Waals surface area contributed by atoms with Gasteiger partial charge in [-0.15, -0.1) is 13.2 Å².